The molecule has 4 rings (SSSR count). The Hall–Kier alpha value is -2.95. The van der Waals surface area contributed by atoms with Crippen molar-refractivity contribution in [1.82, 2.24) is 14.3 Å². The maximum Gasteiger partial charge on any atom is 0.267 e. The van der Waals surface area contributed by atoms with Crippen LogP contribution < -0.4 is 10.9 Å². The molecule has 1 fully saturated rings. The van der Waals surface area contributed by atoms with Crippen LogP contribution in [0.5, 0.6) is 0 Å². The Morgan fingerprint density at radius 2 is 2.16 bits per heavy atom. The van der Waals surface area contributed by atoms with Crippen LogP contribution in [0.1, 0.15) is 23.3 Å². The highest BCUT2D eigenvalue weighted by atomic mass is 32.2. The third-order valence-corrected chi connectivity index (χ3v) is 6.35. The summed E-state index contributed by atoms with van der Waals surface area (Å²) in [7, 11) is 1.61. The number of fused-ring (bicyclic) bond motifs is 1. The summed E-state index contributed by atoms with van der Waals surface area (Å²) in [4.78, 5) is 32.9. The van der Waals surface area contributed by atoms with Crippen LogP contribution in [0.15, 0.2) is 50.8 Å². The minimum atomic E-state index is -0.273. The summed E-state index contributed by atoms with van der Waals surface area (Å²) in [6.45, 7) is 3.24. The Kier molecular flexibility index (Phi) is 6.73. The normalized spacial score (nSPS) is 15.3. The molecule has 1 aliphatic heterocycles. The van der Waals surface area contributed by atoms with Crippen LogP contribution in [-0.4, -0.2) is 44.8 Å². The minimum absolute atomic E-state index is 0.221. The molecule has 0 atom stereocenters. The van der Waals surface area contributed by atoms with Crippen molar-refractivity contribution in [3.8, 4) is 0 Å². The Labute approximate surface area is 194 Å². The average Bonchev–Trinajstić information content (AvgIpc) is 3.39. The number of methoxy groups -OCH3 is 1. The molecular formula is C22H22N4O4S2. The smallest absolute Gasteiger partial charge is 0.267 e. The minimum Gasteiger partial charge on any atom is -0.467 e. The van der Waals surface area contributed by atoms with E-state index in [0.717, 1.165) is 5.56 Å². The Morgan fingerprint density at radius 3 is 2.91 bits per heavy atom. The van der Waals surface area contributed by atoms with Gasteiger partial charge in [0.25, 0.3) is 11.5 Å². The number of carbonyl (C=O) groups is 1. The van der Waals surface area contributed by atoms with Crippen molar-refractivity contribution in [2.75, 3.05) is 25.6 Å². The van der Waals surface area contributed by atoms with Gasteiger partial charge in [0.2, 0.25) is 0 Å². The molecule has 1 N–H and O–H groups in total. The third-order valence-electron chi connectivity index (χ3n) is 4.97. The fourth-order valence-corrected chi connectivity index (χ4v) is 4.64. The fraction of sp³-hybridized carbons (Fsp3) is 0.273. The molecule has 0 radical (unpaired) electrons. The van der Waals surface area contributed by atoms with E-state index in [1.165, 1.54) is 21.1 Å². The zero-order chi connectivity index (χ0) is 22.7. The van der Waals surface area contributed by atoms with Gasteiger partial charge >= 0.3 is 0 Å². The number of nitrogens with one attached hydrogen (secondary N) is 1. The van der Waals surface area contributed by atoms with Crippen LogP contribution in [0.4, 0.5) is 5.82 Å². The van der Waals surface area contributed by atoms with Gasteiger partial charge in [-0.25, -0.2) is 4.98 Å². The Balaban J connectivity index is 1.74. The number of thioether (sulfide) groups is 1. The lowest BCUT2D eigenvalue weighted by Gasteiger charge is -2.13. The van der Waals surface area contributed by atoms with Gasteiger partial charge in [-0.2, -0.15) is 0 Å². The predicted octanol–water partition coefficient (Wildman–Crippen LogP) is 3.45. The van der Waals surface area contributed by atoms with Crippen LogP contribution >= 0.6 is 24.0 Å². The number of pyridine rings is 1. The fourth-order valence-electron chi connectivity index (χ4n) is 3.35. The lowest BCUT2D eigenvalue weighted by Crippen LogP contribution is -2.29. The van der Waals surface area contributed by atoms with Crippen LogP contribution in [-0.2, 0) is 16.1 Å². The Morgan fingerprint density at radius 1 is 1.31 bits per heavy atom. The number of ether oxygens (including phenoxy) is 1. The van der Waals surface area contributed by atoms with Crippen molar-refractivity contribution in [3.05, 3.63) is 68.9 Å². The van der Waals surface area contributed by atoms with Gasteiger partial charge in [-0.1, -0.05) is 30.0 Å². The maximum absolute atomic E-state index is 13.4. The van der Waals surface area contributed by atoms with Crippen LogP contribution in [0.2, 0.25) is 0 Å². The second kappa shape index (κ2) is 9.68. The summed E-state index contributed by atoms with van der Waals surface area (Å²) in [6.07, 6.45) is 5.50. The number of anilines is 1. The Bertz CT molecular complexity index is 1250. The number of hydrogen-bond acceptors (Lipinski definition) is 8. The van der Waals surface area contributed by atoms with Crippen molar-refractivity contribution >= 4 is 51.7 Å². The number of aromatic nitrogens is 2. The molecule has 8 nitrogen and oxygen atoms in total. The molecule has 0 aromatic carbocycles. The number of aryl methyl sites for hydroxylation is 1. The lowest BCUT2D eigenvalue weighted by atomic mass is 10.2. The summed E-state index contributed by atoms with van der Waals surface area (Å²) in [5.74, 6) is 0.861. The van der Waals surface area contributed by atoms with Gasteiger partial charge in [-0.05, 0) is 43.2 Å². The summed E-state index contributed by atoms with van der Waals surface area (Å²) in [6, 6.07) is 7.31. The van der Waals surface area contributed by atoms with Crippen molar-refractivity contribution in [3.63, 3.8) is 0 Å². The molecule has 0 spiro atoms. The second-order valence-corrected chi connectivity index (χ2v) is 8.85. The summed E-state index contributed by atoms with van der Waals surface area (Å²) < 4.78 is 12.4. The van der Waals surface area contributed by atoms with Crippen LogP contribution in [0, 0.1) is 6.92 Å². The molecule has 0 bridgehead atoms. The number of thiocarbonyl (C=S) groups is 1. The molecule has 3 aromatic heterocycles. The van der Waals surface area contributed by atoms with Gasteiger partial charge in [-0.15, -0.1) is 0 Å². The van der Waals surface area contributed by atoms with E-state index in [0.29, 0.717) is 52.6 Å². The van der Waals surface area contributed by atoms with Gasteiger partial charge in [0.15, 0.2) is 0 Å². The van der Waals surface area contributed by atoms with Crippen molar-refractivity contribution < 1.29 is 13.9 Å². The number of rotatable bonds is 8. The number of furan rings is 1. The van der Waals surface area contributed by atoms with Crippen molar-refractivity contribution in [2.45, 2.75) is 19.9 Å². The molecule has 32 heavy (non-hydrogen) atoms. The SMILES string of the molecule is COCCCN1C(=O)/C(=C/c2c(NCc3ccco3)nc3c(C)cccn3c2=O)SC1=S. The number of hydrogen-bond donors (Lipinski definition) is 1. The highest BCUT2D eigenvalue weighted by Gasteiger charge is 2.32. The number of carbonyl (C=O) groups excluding carboxylic acids is 1. The van der Waals surface area contributed by atoms with E-state index in [1.807, 2.05) is 19.1 Å². The monoisotopic (exact) mass is 470 g/mol. The molecule has 10 heteroatoms. The molecule has 1 amide bonds. The standard InChI is InChI=1S/C22H22N4O4S2/c1-14-6-3-8-25-19(14)24-18(23-13-15-7-4-11-30-15)16(20(25)27)12-17-21(28)26(22(31)32-17)9-5-10-29-2/h3-4,6-8,11-12,23H,5,9-10,13H2,1-2H3/b17-12-. The predicted molar refractivity (Wildman–Crippen MR) is 129 cm³/mol. The summed E-state index contributed by atoms with van der Waals surface area (Å²) >= 11 is 6.57. The van der Waals surface area contributed by atoms with Crippen molar-refractivity contribution in [2.24, 2.45) is 0 Å². The first-order valence-electron chi connectivity index (χ1n) is 10.0. The molecule has 0 aliphatic carbocycles. The maximum atomic E-state index is 13.4. The van der Waals surface area contributed by atoms with Gasteiger partial charge in [0.1, 0.15) is 21.5 Å². The zero-order valence-electron chi connectivity index (χ0n) is 17.7. The highest BCUT2D eigenvalue weighted by Crippen LogP contribution is 2.33. The van der Waals surface area contributed by atoms with Gasteiger partial charge < -0.3 is 14.5 Å². The molecule has 0 saturated carbocycles. The molecule has 0 unspecified atom stereocenters. The third kappa shape index (κ3) is 4.47. The van der Waals surface area contributed by atoms with Crippen LogP contribution in [0.3, 0.4) is 0 Å². The van der Waals surface area contributed by atoms with E-state index in [9.17, 15) is 9.59 Å². The van der Waals surface area contributed by atoms with Crippen LogP contribution in [0.25, 0.3) is 11.7 Å². The van der Waals surface area contributed by atoms with Gasteiger partial charge in [0, 0.05) is 26.5 Å². The molecular weight excluding hydrogens is 448 g/mol. The first kappa shape index (κ1) is 22.3. The first-order chi connectivity index (χ1) is 15.5. The second-order valence-electron chi connectivity index (χ2n) is 7.18. The van der Waals surface area contributed by atoms with E-state index >= 15 is 0 Å². The molecule has 1 saturated heterocycles. The van der Waals surface area contributed by atoms with E-state index in [-0.39, 0.29) is 17.0 Å². The molecule has 166 valence electrons. The summed E-state index contributed by atoms with van der Waals surface area (Å²) in [5, 5.41) is 3.18. The largest absolute Gasteiger partial charge is 0.467 e. The summed E-state index contributed by atoms with van der Waals surface area (Å²) in [5.41, 5.74) is 1.42. The average molecular weight is 471 g/mol. The topological polar surface area (TPSA) is 89.1 Å². The first-order valence-corrected chi connectivity index (χ1v) is 11.2. The van der Waals surface area contributed by atoms with Gasteiger partial charge in [0.05, 0.1) is 23.3 Å². The van der Waals surface area contributed by atoms with E-state index in [2.05, 4.69) is 10.3 Å². The molecule has 4 heterocycles. The van der Waals surface area contributed by atoms with E-state index in [1.54, 1.807) is 37.8 Å². The quantitative estimate of drug-likeness (QED) is 0.304. The zero-order valence-corrected chi connectivity index (χ0v) is 19.3. The van der Waals surface area contributed by atoms with Gasteiger partial charge in [-0.3, -0.25) is 18.9 Å². The van der Waals surface area contributed by atoms with E-state index < -0.39 is 0 Å². The lowest BCUT2D eigenvalue weighted by molar-refractivity contribution is -0.122. The number of nitrogens with zero attached hydrogens (tertiary/aromatic N) is 3. The van der Waals surface area contributed by atoms with E-state index in [4.69, 9.17) is 21.4 Å². The molecule has 1 aliphatic rings. The van der Waals surface area contributed by atoms with Crippen molar-refractivity contribution in [1.29, 1.82) is 0 Å². The molecule has 3 aromatic rings. The number of amides is 1. The highest BCUT2D eigenvalue weighted by molar-refractivity contribution is 8.26.